The molecule has 0 atom stereocenters. The van der Waals surface area contributed by atoms with Crippen LogP contribution in [-0.2, 0) is 25.6 Å². The van der Waals surface area contributed by atoms with Gasteiger partial charge in [0.2, 0.25) is 5.09 Å². The topological polar surface area (TPSA) is 129 Å². The first-order chi connectivity index (χ1) is 15.2. The lowest BCUT2D eigenvalue weighted by atomic mass is 10.2. The van der Waals surface area contributed by atoms with Gasteiger partial charge >= 0.3 is 0 Å². The minimum Gasteiger partial charge on any atom is -0.497 e. The van der Waals surface area contributed by atoms with E-state index < -0.39 is 19.9 Å². The second kappa shape index (κ2) is 8.21. The monoisotopic (exact) mass is 472 g/mol. The Balaban J connectivity index is 1.74. The van der Waals surface area contributed by atoms with Crippen LogP contribution in [0.1, 0.15) is 5.56 Å². The molecule has 0 aliphatic heterocycles. The van der Waals surface area contributed by atoms with Crippen molar-refractivity contribution in [2.45, 2.75) is 15.7 Å². The number of hydrogen-bond acceptors (Lipinski definition) is 7. The van der Waals surface area contributed by atoms with Crippen LogP contribution in [0.25, 0.3) is 11.0 Å². The molecular weight excluding hydrogens is 452 g/mol. The van der Waals surface area contributed by atoms with Crippen molar-refractivity contribution >= 4 is 42.2 Å². The fraction of sp³-hybridized carbons (Fsp3) is 0.0909. The number of para-hydroxylation sites is 1. The van der Waals surface area contributed by atoms with Crippen LogP contribution >= 0.6 is 0 Å². The molecule has 0 saturated carbocycles. The molecule has 3 aromatic carbocycles. The number of methoxy groups -OCH3 is 1. The van der Waals surface area contributed by atoms with E-state index in [1.54, 1.807) is 48.5 Å². The Bertz CT molecular complexity index is 1480. The molecule has 0 amide bonds. The van der Waals surface area contributed by atoms with Gasteiger partial charge in [-0.3, -0.25) is 4.72 Å². The number of ether oxygens (including phenoxy) is 1. The number of anilines is 2. The largest absolute Gasteiger partial charge is 0.497 e. The van der Waals surface area contributed by atoms with Crippen LogP contribution in [0.3, 0.4) is 0 Å². The van der Waals surface area contributed by atoms with Crippen molar-refractivity contribution in [2.75, 3.05) is 17.6 Å². The Hall–Kier alpha value is -3.50. The van der Waals surface area contributed by atoms with Gasteiger partial charge in [-0.1, -0.05) is 30.3 Å². The number of furan rings is 1. The second-order valence-corrected chi connectivity index (χ2v) is 10.6. The molecule has 32 heavy (non-hydrogen) atoms. The number of rotatable bonds is 7. The lowest BCUT2D eigenvalue weighted by Gasteiger charge is -2.14. The molecule has 0 bridgehead atoms. The molecule has 0 spiro atoms. The summed E-state index contributed by atoms with van der Waals surface area (Å²) in [4.78, 5) is -0.194. The molecular formula is C22H20N2O6S2. The SMILES string of the molecule is COc1ccc(S(=O)(=O)Cc2cccc(N)c2)c(NS(=O)(=O)c2cc3ccccc3o2)c1. The van der Waals surface area contributed by atoms with E-state index in [2.05, 4.69) is 4.72 Å². The third-order valence-electron chi connectivity index (χ3n) is 4.74. The van der Waals surface area contributed by atoms with E-state index in [1.165, 1.54) is 31.4 Å². The molecule has 0 aliphatic carbocycles. The van der Waals surface area contributed by atoms with Gasteiger partial charge in [-0.2, -0.15) is 8.42 Å². The molecule has 0 saturated heterocycles. The van der Waals surface area contributed by atoms with Crippen molar-refractivity contribution in [3.8, 4) is 5.75 Å². The number of fused-ring (bicyclic) bond motifs is 1. The van der Waals surface area contributed by atoms with Crippen molar-refractivity contribution in [1.29, 1.82) is 0 Å². The number of nitrogens with two attached hydrogens (primary N) is 1. The minimum atomic E-state index is -4.22. The Labute approximate surface area is 185 Å². The molecule has 1 heterocycles. The van der Waals surface area contributed by atoms with Gasteiger partial charge in [-0.15, -0.1) is 0 Å². The van der Waals surface area contributed by atoms with Gasteiger partial charge in [-0.05, 0) is 35.9 Å². The molecule has 166 valence electrons. The summed E-state index contributed by atoms with van der Waals surface area (Å²) >= 11 is 0. The van der Waals surface area contributed by atoms with E-state index in [-0.39, 0.29) is 27.2 Å². The fourth-order valence-corrected chi connectivity index (χ4v) is 5.85. The van der Waals surface area contributed by atoms with Gasteiger partial charge in [0.1, 0.15) is 11.3 Å². The normalized spacial score (nSPS) is 12.0. The quantitative estimate of drug-likeness (QED) is 0.391. The summed E-state index contributed by atoms with van der Waals surface area (Å²) in [5.74, 6) is -0.0702. The van der Waals surface area contributed by atoms with E-state index in [4.69, 9.17) is 14.9 Å². The van der Waals surface area contributed by atoms with Gasteiger partial charge in [0, 0.05) is 23.2 Å². The fourth-order valence-electron chi connectivity index (χ4n) is 3.25. The predicted molar refractivity (Wildman–Crippen MR) is 122 cm³/mol. The number of benzene rings is 3. The Kier molecular flexibility index (Phi) is 5.57. The molecule has 10 heteroatoms. The molecule has 1 aromatic heterocycles. The van der Waals surface area contributed by atoms with E-state index in [0.717, 1.165) is 0 Å². The first-order valence-electron chi connectivity index (χ1n) is 9.44. The highest BCUT2D eigenvalue weighted by Crippen LogP contribution is 2.32. The minimum absolute atomic E-state index is 0.145. The molecule has 3 N–H and O–H groups in total. The number of hydrogen-bond donors (Lipinski definition) is 2. The molecule has 8 nitrogen and oxygen atoms in total. The number of sulfone groups is 1. The van der Waals surface area contributed by atoms with Crippen molar-refractivity contribution < 1.29 is 26.0 Å². The highest BCUT2D eigenvalue weighted by atomic mass is 32.2. The molecule has 4 aromatic rings. The van der Waals surface area contributed by atoms with Gasteiger partial charge in [0.05, 0.1) is 23.4 Å². The van der Waals surface area contributed by atoms with Crippen LogP contribution < -0.4 is 15.2 Å². The number of sulfonamides is 1. The third-order valence-corrected chi connectivity index (χ3v) is 7.70. The Morgan fingerprint density at radius 2 is 1.72 bits per heavy atom. The number of nitrogens with one attached hydrogen (secondary N) is 1. The predicted octanol–water partition coefficient (Wildman–Crippen LogP) is 3.80. The zero-order chi connectivity index (χ0) is 22.9. The van der Waals surface area contributed by atoms with Crippen LogP contribution in [0.15, 0.2) is 87.2 Å². The second-order valence-electron chi connectivity index (χ2n) is 7.07. The highest BCUT2D eigenvalue weighted by Gasteiger charge is 2.26. The standard InChI is InChI=1S/C22H20N2O6S2/c1-29-18-9-10-21(31(25,26)14-15-5-4-7-17(23)11-15)19(13-18)24-32(27,28)22-12-16-6-2-3-8-20(16)30-22/h2-13,24H,14,23H2,1H3. The average Bonchev–Trinajstić information content (AvgIpc) is 3.18. The first-order valence-corrected chi connectivity index (χ1v) is 12.6. The lowest BCUT2D eigenvalue weighted by molar-refractivity contribution is 0.414. The Morgan fingerprint density at radius 1 is 0.938 bits per heavy atom. The summed E-state index contributed by atoms with van der Waals surface area (Å²) in [6.07, 6.45) is 0. The average molecular weight is 473 g/mol. The van der Waals surface area contributed by atoms with E-state index in [9.17, 15) is 16.8 Å². The summed E-state index contributed by atoms with van der Waals surface area (Å²) in [5, 5.41) is 0.272. The summed E-state index contributed by atoms with van der Waals surface area (Å²) < 4.78 is 65.2. The van der Waals surface area contributed by atoms with E-state index >= 15 is 0 Å². The summed E-state index contributed by atoms with van der Waals surface area (Å²) in [6.45, 7) is 0. The zero-order valence-corrected chi connectivity index (χ0v) is 18.6. The van der Waals surface area contributed by atoms with Crippen LogP contribution in [0, 0.1) is 0 Å². The molecule has 0 radical (unpaired) electrons. The van der Waals surface area contributed by atoms with Crippen molar-refractivity contribution in [1.82, 2.24) is 0 Å². The lowest BCUT2D eigenvalue weighted by Crippen LogP contribution is -2.16. The van der Waals surface area contributed by atoms with Crippen LogP contribution in [0.5, 0.6) is 5.75 Å². The van der Waals surface area contributed by atoms with Crippen LogP contribution in [0.4, 0.5) is 11.4 Å². The first kappa shape index (κ1) is 21.7. The maximum absolute atomic E-state index is 13.2. The van der Waals surface area contributed by atoms with Crippen molar-refractivity contribution in [3.63, 3.8) is 0 Å². The summed E-state index contributed by atoms with van der Waals surface area (Å²) in [6, 6.07) is 18.8. The molecule has 0 fully saturated rings. The van der Waals surface area contributed by atoms with Crippen LogP contribution in [0.2, 0.25) is 0 Å². The van der Waals surface area contributed by atoms with Gasteiger partial charge in [0.15, 0.2) is 9.84 Å². The molecule has 4 rings (SSSR count). The highest BCUT2D eigenvalue weighted by molar-refractivity contribution is 7.93. The summed E-state index contributed by atoms with van der Waals surface area (Å²) in [7, 11) is -6.76. The maximum atomic E-state index is 13.2. The summed E-state index contributed by atoms with van der Waals surface area (Å²) in [5.41, 5.74) is 6.91. The third kappa shape index (κ3) is 4.41. The van der Waals surface area contributed by atoms with Crippen molar-refractivity contribution in [3.05, 3.63) is 78.4 Å². The maximum Gasteiger partial charge on any atom is 0.295 e. The van der Waals surface area contributed by atoms with Gasteiger partial charge in [0.25, 0.3) is 10.0 Å². The van der Waals surface area contributed by atoms with Crippen molar-refractivity contribution in [2.24, 2.45) is 0 Å². The smallest absolute Gasteiger partial charge is 0.295 e. The zero-order valence-electron chi connectivity index (χ0n) is 17.0. The van der Waals surface area contributed by atoms with Gasteiger partial charge < -0.3 is 14.9 Å². The molecule has 0 aliphatic rings. The number of nitrogen functional groups attached to an aromatic ring is 1. The van der Waals surface area contributed by atoms with E-state index in [1.807, 2.05) is 0 Å². The Morgan fingerprint density at radius 3 is 2.44 bits per heavy atom. The van der Waals surface area contributed by atoms with E-state index in [0.29, 0.717) is 22.2 Å². The molecule has 0 unspecified atom stereocenters. The van der Waals surface area contributed by atoms with Crippen LogP contribution in [-0.4, -0.2) is 23.9 Å². The van der Waals surface area contributed by atoms with Gasteiger partial charge in [-0.25, -0.2) is 8.42 Å².